The molecule has 0 unspecified atom stereocenters. The van der Waals surface area contributed by atoms with Crippen molar-refractivity contribution in [3.63, 3.8) is 0 Å². The number of anilines is 1. The van der Waals surface area contributed by atoms with Gasteiger partial charge < -0.3 is 10.1 Å². The Bertz CT molecular complexity index is 856. The Morgan fingerprint density at radius 3 is 2.65 bits per heavy atom. The number of pyridine rings is 1. The van der Waals surface area contributed by atoms with Gasteiger partial charge in [-0.2, -0.15) is 4.31 Å². The minimum atomic E-state index is -3.53. The molecule has 1 N–H and O–H groups in total. The Labute approximate surface area is 160 Å². The second-order valence-electron chi connectivity index (χ2n) is 5.82. The summed E-state index contributed by atoms with van der Waals surface area (Å²) >= 11 is 3.17. The van der Waals surface area contributed by atoms with E-state index in [1.54, 1.807) is 24.3 Å². The first kappa shape index (κ1) is 19.2. The number of nitrogens with one attached hydrogen (secondary N) is 1. The monoisotopic (exact) mass is 443 g/mol. The summed E-state index contributed by atoms with van der Waals surface area (Å²) in [4.78, 5) is 4.36. The molecule has 0 bridgehead atoms. The van der Waals surface area contributed by atoms with Crippen LogP contribution < -0.4 is 5.32 Å². The molecule has 0 atom stereocenters. The number of hydrogen-bond donors (Lipinski definition) is 1. The minimum absolute atomic E-state index is 0.174. The number of morpholine rings is 1. The van der Waals surface area contributed by atoms with E-state index in [1.165, 1.54) is 16.6 Å². The fraction of sp³-hybridized carbons (Fsp3) is 0.353. The van der Waals surface area contributed by atoms with Crippen molar-refractivity contribution < 1.29 is 17.5 Å². The summed E-state index contributed by atoms with van der Waals surface area (Å²) in [5, 5.41) is 3.14. The lowest BCUT2D eigenvalue weighted by molar-refractivity contribution is 0.0730. The number of aromatic nitrogens is 1. The molecule has 6 nitrogen and oxygen atoms in total. The number of halogens is 2. The van der Waals surface area contributed by atoms with Gasteiger partial charge in [-0.05, 0) is 52.2 Å². The maximum atomic E-state index is 13.2. The van der Waals surface area contributed by atoms with Crippen molar-refractivity contribution in [3.05, 3.63) is 52.4 Å². The van der Waals surface area contributed by atoms with Crippen LogP contribution in [0.15, 0.2) is 45.9 Å². The Kier molecular flexibility index (Phi) is 6.23. The van der Waals surface area contributed by atoms with Crippen molar-refractivity contribution in [2.24, 2.45) is 0 Å². The topological polar surface area (TPSA) is 71.5 Å². The van der Waals surface area contributed by atoms with E-state index in [1.807, 2.05) is 0 Å². The van der Waals surface area contributed by atoms with Crippen molar-refractivity contribution in [1.82, 2.24) is 9.29 Å². The van der Waals surface area contributed by atoms with Gasteiger partial charge in [-0.15, -0.1) is 0 Å². The van der Waals surface area contributed by atoms with Crippen molar-refractivity contribution in [2.75, 3.05) is 38.2 Å². The largest absolute Gasteiger partial charge is 0.379 e. The molecule has 26 heavy (non-hydrogen) atoms. The molecule has 0 spiro atoms. The van der Waals surface area contributed by atoms with Crippen molar-refractivity contribution in [2.45, 2.75) is 11.3 Å². The van der Waals surface area contributed by atoms with Gasteiger partial charge in [0.2, 0.25) is 10.0 Å². The molecule has 1 aliphatic heterocycles. The van der Waals surface area contributed by atoms with Crippen LogP contribution >= 0.6 is 15.9 Å². The normalized spacial score (nSPS) is 15.8. The first-order valence-corrected chi connectivity index (χ1v) is 10.4. The van der Waals surface area contributed by atoms with Crippen LogP contribution in [0.3, 0.4) is 0 Å². The lowest BCUT2D eigenvalue weighted by Gasteiger charge is -2.25. The zero-order valence-electron chi connectivity index (χ0n) is 14.0. The molecule has 1 aromatic carbocycles. The standard InChI is InChI=1S/C17H19BrFN3O3S/c18-15-11-13(1-3-16(15)19)5-6-20-17-4-2-14(12-21-17)26(23,24)22-7-9-25-10-8-22/h1-4,11-12H,5-10H2,(H,20,21). The number of nitrogens with zero attached hydrogens (tertiary/aromatic N) is 2. The third kappa shape index (κ3) is 4.59. The molecule has 0 aliphatic carbocycles. The summed E-state index contributed by atoms with van der Waals surface area (Å²) < 4.78 is 45.3. The van der Waals surface area contributed by atoms with Crippen LogP contribution in [0.1, 0.15) is 5.56 Å². The van der Waals surface area contributed by atoms with Crippen LogP contribution in [-0.2, 0) is 21.2 Å². The number of benzene rings is 1. The number of sulfonamides is 1. The van der Waals surface area contributed by atoms with Crippen molar-refractivity contribution in [3.8, 4) is 0 Å². The second kappa shape index (κ2) is 8.43. The molecule has 0 saturated carbocycles. The molecule has 140 valence electrons. The maximum Gasteiger partial charge on any atom is 0.244 e. The van der Waals surface area contributed by atoms with Gasteiger partial charge in [-0.25, -0.2) is 17.8 Å². The van der Waals surface area contributed by atoms with Crippen LogP contribution in [0.25, 0.3) is 0 Å². The smallest absolute Gasteiger partial charge is 0.244 e. The van der Waals surface area contributed by atoms with Crippen LogP contribution in [-0.4, -0.2) is 50.6 Å². The number of rotatable bonds is 6. The molecule has 1 saturated heterocycles. The molecule has 9 heteroatoms. The predicted octanol–water partition coefficient (Wildman–Crippen LogP) is 2.66. The average Bonchev–Trinajstić information content (AvgIpc) is 2.66. The molecular formula is C17H19BrFN3O3S. The van der Waals surface area contributed by atoms with Crippen LogP contribution in [0.4, 0.5) is 10.2 Å². The predicted molar refractivity (Wildman–Crippen MR) is 100 cm³/mol. The van der Waals surface area contributed by atoms with Gasteiger partial charge in [0.25, 0.3) is 0 Å². The molecular weight excluding hydrogens is 425 g/mol. The Morgan fingerprint density at radius 1 is 1.23 bits per heavy atom. The average molecular weight is 444 g/mol. The molecule has 1 aromatic heterocycles. The minimum Gasteiger partial charge on any atom is -0.379 e. The summed E-state index contributed by atoms with van der Waals surface area (Å²) in [7, 11) is -3.53. The van der Waals surface area contributed by atoms with E-state index in [-0.39, 0.29) is 10.7 Å². The van der Waals surface area contributed by atoms with Gasteiger partial charge >= 0.3 is 0 Å². The van der Waals surface area contributed by atoms with Gasteiger partial charge in [0.1, 0.15) is 16.5 Å². The van der Waals surface area contributed by atoms with Crippen LogP contribution in [0, 0.1) is 5.82 Å². The highest BCUT2D eigenvalue weighted by Crippen LogP contribution is 2.19. The van der Waals surface area contributed by atoms with Crippen molar-refractivity contribution >= 4 is 31.8 Å². The van der Waals surface area contributed by atoms with E-state index in [9.17, 15) is 12.8 Å². The highest BCUT2D eigenvalue weighted by atomic mass is 79.9. The van der Waals surface area contributed by atoms with Gasteiger partial charge in [0, 0.05) is 25.8 Å². The van der Waals surface area contributed by atoms with Crippen LogP contribution in [0.2, 0.25) is 0 Å². The van der Waals surface area contributed by atoms with E-state index in [0.717, 1.165) is 5.56 Å². The summed E-state index contributed by atoms with van der Waals surface area (Å²) in [6, 6.07) is 8.08. The van der Waals surface area contributed by atoms with E-state index in [2.05, 4.69) is 26.2 Å². The summed E-state index contributed by atoms with van der Waals surface area (Å²) in [5.74, 6) is 0.299. The Morgan fingerprint density at radius 2 is 2.00 bits per heavy atom. The lowest BCUT2D eigenvalue weighted by atomic mass is 10.1. The molecule has 1 aliphatic rings. The van der Waals surface area contributed by atoms with Gasteiger partial charge in [0.15, 0.2) is 0 Å². The fourth-order valence-corrected chi connectivity index (χ4v) is 4.38. The van der Waals surface area contributed by atoms with Crippen molar-refractivity contribution in [1.29, 1.82) is 0 Å². The first-order valence-electron chi connectivity index (χ1n) is 8.18. The zero-order chi connectivity index (χ0) is 18.6. The summed E-state index contributed by atoms with van der Waals surface area (Å²) in [6.07, 6.45) is 2.05. The van der Waals surface area contributed by atoms with E-state index in [0.29, 0.717) is 49.6 Å². The molecule has 3 rings (SSSR count). The second-order valence-corrected chi connectivity index (χ2v) is 8.61. The first-order chi connectivity index (χ1) is 12.5. The van der Waals surface area contributed by atoms with Gasteiger partial charge in [0.05, 0.1) is 17.7 Å². The lowest BCUT2D eigenvalue weighted by Crippen LogP contribution is -2.40. The molecule has 1 fully saturated rings. The van der Waals surface area contributed by atoms with E-state index >= 15 is 0 Å². The molecule has 0 radical (unpaired) electrons. The van der Waals surface area contributed by atoms with Crippen LogP contribution in [0.5, 0.6) is 0 Å². The van der Waals surface area contributed by atoms with Gasteiger partial charge in [-0.3, -0.25) is 0 Å². The molecule has 0 amide bonds. The number of hydrogen-bond acceptors (Lipinski definition) is 5. The SMILES string of the molecule is O=S(=O)(c1ccc(NCCc2ccc(F)c(Br)c2)nc1)N1CCOCC1. The highest BCUT2D eigenvalue weighted by Gasteiger charge is 2.26. The summed E-state index contributed by atoms with van der Waals surface area (Å²) in [5.41, 5.74) is 0.984. The maximum absolute atomic E-state index is 13.2. The number of ether oxygens (including phenoxy) is 1. The Hall–Kier alpha value is -1.55. The third-order valence-corrected chi connectivity index (χ3v) is 6.54. The van der Waals surface area contributed by atoms with Gasteiger partial charge in [-0.1, -0.05) is 6.07 Å². The fourth-order valence-electron chi connectivity index (χ4n) is 2.60. The Balaban J connectivity index is 1.58. The third-order valence-electron chi connectivity index (χ3n) is 4.05. The molecule has 2 heterocycles. The summed E-state index contributed by atoms with van der Waals surface area (Å²) in [6.45, 7) is 2.13. The zero-order valence-corrected chi connectivity index (χ0v) is 16.4. The van der Waals surface area contributed by atoms with E-state index in [4.69, 9.17) is 4.74 Å². The van der Waals surface area contributed by atoms with E-state index < -0.39 is 10.0 Å². The quantitative estimate of drug-likeness (QED) is 0.742. The molecule has 2 aromatic rings. The highest BCUT2D eigenvalue weighted by molar-refractivity contribution is 9.10.